The number of likely N-dealkylation sites (N-methyl/N-ethyl adjacent to an activating group) is 1. The van der Waals surface area contributed by atoms with Crippen molar-refractivity contribution in [1.82, 2.24) is 10.2 Å². The van der Waals surface area contributed by atoms with Gasteiger partial charge in [-0.2, -0.15) is 0 Å². The molecule has 0 spiro atoms. The van der Waals surface area contributed by atoms with E-state index in [0.29, 0.717) is 12.1 Å². The maximum absolute atomic E-state index is 12.0. The van der Waals surface area contributed by atoms with Crippen molar-refractivity contribution in [2.45, 2.75) is 56.7 Å². The van der Waals surface area contributed by atoms with Crippen molar-refractivity contribution < 1.29 is 14.3 Å². The van der Waals surface area contributed by atoms with E-state index >= 15 is 0 Å². The molecule has 2 rings (SSSR count). The maximum Gasteiger partial charge on any atom is 0.326 e. The molecule has 0 amide bonds. The summed E-state index contributed by atoms with van der Waals surface area (Å²) in [6.45, 7) is 4.96. The first kappa shape index (κ1) is 15.7. The summed E-state index contributed by atoms with van der Waals surface area (Å²) in [5.74, 6) is -0.124. The van der Waals surface area contributed by atoms with Crippen LogP contribution in [-0.4, -0.2) is 62.4 Å². The van der Waals surface area contributed by atoms with E-state index in [1.165, 1.54) is 13.5 Å². The molecule has 1 heterocycles. The Balaban J connectivity index is 1.96. The lowest BCUT2D eigenvalue weighted by Gasteiger charge is -2.37. The van der Waals surface area contributed by atoms with E-state index in [-0.39, 0.29) is 5.97 Å². The van der Waals surface area contributed by atoms with Crippen LogP contribution < -0.4 is 5.32 Å². The van der Waals surface area contributed by atoms with Crippen LogP contribution in [0, 0.1) is 0 Å². The zero-order valence-electron chi connectivity index (χ0n) is 13.0. The van der Waals surface area contributed by atoms with E-state index in [0.717, 1.165) is 45.4 Å². The van der Waals surface area contributed by atoms with Gasteiger partial charge >= 0.3 is 5.97 Å². The molecule has 0 aromatic carbocycles. The number of ether oxygens (including phenoxy) is 2. The van der Waals surface area contributed by atoms with E-state index in [2.05, 4.69) is 17.1 Å². The van der Waals surface area contributed by atoms with Gasteiger partial charge in [0.15, 0.2) is 0 Å². The van der Waals surface area contributed by atoms with Gasteiger partial charge in [-0.25, -0.2) is 0 Å². The second-order valence-corrected chi connectivity index (χ2v) is 5.93. The van der Waals surface area contributed by atoms with Gasteiger partial charge in [0.05, 0.1) is 13.2 Å². The summed E-state index contributed by atoms with van der Waals surface area (Å²) in [5, 5.41) is 3.20. The molecule has 5 nitrogen and oxygen atoms in total. The van der Waals surface area contributed by atoms with E-state index in [4.69, 9.17) is 9.47 Å². The summed E-state index contributed by atoms with van der Waals surface area (Å²) < 4.78 is 10.7. The molecule has 3 unspecified atom stereocenters. The van der Waals surface area contributed by atoms with Gasteiger partial charge in [-0.05, 0) is 52.6 Å². The van der Waals surface area contributed by atoms with E-state index in [1.807, 2.05) is 7.05 Å². The topological polar surface area (TPSA) is 50.8 Å². The molecule has 0 bridgehead atoms. The molecule has 1 N–H and O–H groups in total. The number of nitrogens with zero attached hydrogens (tertiary/aromatic N) is 1. The number of hydrogen-bond donors (Lipinski definition) is 1. The number of likely N-dealkylation sites (tertiary alicyclic amines) is 1. The van der Waals surface area contributed by atoms with Gasteiger partial charge in [-0.15, -0.1) is 0 Å². The highest BCUT2D eigenvalue weighted by atomic mass is 16.5. The quantitative estimate of drug-likeness (QED) is 0.768. The largest absolute Gasteiger partial charge is 0.468 e. The lowest BCUT2D eigenvalue weighted by atomic mass is 9.97. The normalized spacial score (nSPS) is 35.1. The van der Waals surface area contributed by atoms with Crippen molar-refractivity contribution in [3.63, 3.8) is 0 Å². The number of piperidine rings is 1. The SMILES string of the molecule is CCOC1CCCN(C2CCC(NC)(C(=O)OC)C2)C1. The first-order valence-corrected chi connectivity index (χ1v) is 7.78. The summed E-state index contributed by atoms with van der Waals surface area (Å²) in [7, 11) is 3.33. The highest BCUT2D eigenvalue weighted by molar-refractivity contribution is 5.81. The third-order valence-corrected chi connectivity index (χ3v) is 4.87. The molecule has 0 aromatic heterocycles. The standard InChI is InChI=1S/C15H28N2O3/c1-4-20-13-6-5-9-17(11-13)12-7-8-15(10-12,16-2)14(18)19-3/h12-13,16H,4-11H2,1-3H3. The number of methoxy groups -OCH3 is 1. The number of nitrogens with one attached hydrogen (secondary N) is 1. The Morgan fingerprint density at radius 3 is 2.90 bits per heavy atom. The average Bonchev–Trinajstić information content (AvgIpc) is 2.93. The van der Waals surface area contributed by atoms with Crippen molar-refractivity contribution in [2.24, 2.45) is 0 Å². The molecule has 0 radical (unpaired) electrons. The Morgan fingerprint density at radius 2 is 2.25 bits per heavy atom. The van der Waals surface area contributed by atoms with Crippen molar-refractivity contribution >= 4 is 5.97 Å². The molecule has 116 valence electrons. The first-order valence-electron chi connectivity index (χ1n) is 7.78. The van der Waals surface area contributed by atoms with Gasteiger partial charge in [0, 0.05) is 19.2 Å². The smallest absolute Gasteiger partial charge is 0.326 e. The van der Waals surface area contributed by atoms with Crippen molar-refractivity contribution in [3.8, 4) is 0 Å². The second-order valence-electron chi connectivity index (χ2n) is 5.93. The van der Waals surface area contributed by atoms with Crippen molar-refractivity contribution in [3.05, 3.63) is 0 Å². The minimum absolute atomic E-state index is 0.124. The van der Waals surface area contributed by atoms with Crippen LogP contribution in [0.25, 0.3) is 0 Å². The van der Waals surface area contributed by atoms with E-state index in [1.54, 1.807) is 0 Å². The van der Waals surface area contributed by atoms with Crippen molar-refractivity contribution in [2.75, 3.05) is 33.9 Å². The van der Waals surface area contributed by atoms with Crippen LogP contribution >= 0.6 is 0 Å². The minimum atomic E-state index is -0.488. The molecule has 5 heteroatoms. The molecular weight excluding hydrogens is 256 g/mol. The van der Waals surface area contributed by atoms with Gasteiger partial charge in [-0.3, -0.25) is 9.69 Å². The molecular formula is C15H28N2O3. The first-order chi connectivity index (χ1) is 9.65. The molecule has 1 saturated carbocycles. The zero-order valence-corrected chi connectivity index (χ0v) is 13.0. The molecule has 2 fully saturated rings. The molecule has 1 saturated heterocycles. The van der Waals surface area contributed by atoms with Gasteiger partial charge < -0.3 is 14.8 Å². The lowest BCUT2D eigenvalue weighted by molar-refractivity contribution is -0.148. The van der Waals surface area contributed by atoms with Crippen LogP contribution in [-0.2, 0) is 14.3 Å². The summed E-state index contributed by atoms with van der Waals surface area (Å²) >= 11 is 0. The number of rotatable bonds is 5. The van der Waals surface area contributed by atoms with Crippen LogP contribution in [0.15, 0.2) is 0 Å². The molecule has 2 aliphatic rings. The van der Waals surface area contributed by atoms with Gasteiger partial charge in [0.2, 0.25) is 0 Å². The summed E-state index contributed by atoms with van der Waals surface area (Å²) in [5.41, 5.74) is -0.488. The summed E-state index contributed by atoms with van der Waals surface area (Å²) in [6, 6.07) is 0.463. The molecule has 0 aromatic rings. The minimum Gasteiger partial charge on any atom is -0.468 e. The third kappa shape index (κ3) is 3.15. The van der Waals surface area contributed by atoms with Crippen LogP contribution in [0.5, 0.6) is 0 Å². The Labute approximate surface area is 122 Å². The van der Waals surface area contributed by atoms with Crippen molar-refractivity contribution in [1.29, 1.82) is 0 Å². The van der Waals surface area contributed by atoms with Gasteiger partial charge in [0.25, 0.3) is 0 Å². The lowest BCUT2D eigenvalue weighted by Crippen LogP contribution is -2.51. The van der Waals surface area contributed by atoms with E-state index < -0.39 is 5.54 Å². The number of carbonyl (C=O) groups excluding carboxylic acids is 1. The fourth-order valence-electron chi connectivity index (χ4n) is 3.71. The molecule has 1 aliphatic carbocycles. The fourth-order valence-corrected chi connectivity index (χ4v) is 3.71. The summed E-state index contributed by atoms with van der Waals surface area (Å²) in [4.78, 5) is 14.5. The van der Waals surface area contributed by atoms with Gasteiger partial charge in [0.1, 0.15) is 5.54 Å². The second kappa shape index (κ2) is 6.87. The van der Waals surface area contributed by atoms with Crippen LogP contribution in [0.3, 0.4) is 0 Å². The average molecular weight is 284 g/mol. The molecule has 1 aliphatic heterocycles. The number of carbonyl (C=O) groups is 1. The zero-order chi connectivity index (χ0) is 14.6. The number of esters is 1. The highest BCUT2D eigenvalue weighted by Gasteiger charge is 2.47. The Hall–Kier alpha value is -0.650. The fraction of sp³-hybridized carbons (Fsp3) is 0.933. The van der Waals surface area contributed by atoms with E-state index in [9.17, 15) is 4.79 Å². The highest BCUT2D eigenvalue weighted by Crippen LogP contribution is 2.35. The predicted octanol–water partition coefficient (Wildman–Crippen LogP) is 1.17. The van der Waals surface area contributed by atoms with Gasteiger partial charge in [-0.1, -0.05) is 0 Å². The molecule has 3 atom stereocenters. The monoisotopic (exact) mass is 284 g/mol. The Morgan fingerprint density at radius 1 is 1.45 bits per heavy atom. The maximum atomic E-state index is 12.0. The predicted molar refractivity (Wildman–Crippen MR) is 77.7 cm³/mol. The molecule has 20 heavy (non-hydrogen) atoms. The van der Waals surface area contributed by atoms with Crippen LogP contribution in [0.4, 0.5) is 0 Å². The van der Waals surface area contributed by atoms with Crippen LogP contribution in [0.1, 0.15) is 39.0 Å². The Bertz CT molecular complexity index is 335. The Kier molecular flexibility index (Phi) is 5.41. The summed E-state index contributed by atoms with van der Waals surface area (Å²) in [6.07, 6.45) is 5.45. The third-order valence-electron chi connectivity index (χ3n) is 4.87. The number of hydrogen-bond acceptors (Lipinski definition) is 5. The van der Waals surface area contributed by atoms with Crippen LogP contribution in [0.2, 0.25) is 0 Å².